The number of hydrogen-bond donors (Lipinski definition) is 2. The Morgan fingerprint density at radius 2 is 1.25 bits per heavy atom. The van der Waals surface area contributed by atoms with Gasteiger partial charge in [-0.25, -0.2) is 9.59 Å². The number of hydrogen-bond acceptors (Lipinski definition) is 6. The molecule has 0 spiro atoms. The number of amides is 1. The zero-order chi connectivity index (χ0) is 35.9. The van der Waals surface area contributed by atoms with E-state index in [9.17, 15) is 14.4 Å². The number of thiocarbonyl (C=S) groups is 1. The summed E-state index contributed by atoms with van der Waals surface area (Å²) in [5.41, 5.74) is 1.79. The molecule has 0 unspecified atom stereocenters. The van der Waals surface area contributed by atoms with Gasteiger partial charge < -0.3 is 10.2 Å². The van der Waals surface area contributed by atoms with Crippen LogP contribution in [0.25, 0.3) is 0 Å². The predicted molar refractivity (Wildman–Crippen MR) is 190 cm³/mol. The number of carboxylic acids is 2. The Hall–Kier alpha value is -2.70. The molecule has 0 atom stereocenters. The molecule has 2 N–H and O–H groups in total. The van der Waals surface area contributed by atoms with E-state index in [0.29, 0.717) is 28.4 Å². The van der Waals surface area contributed by atoms with Gasteiger partial charge in [-0.2, -0.15) is 5.26 Å². The normalized spacial score (nSPS) is 15.8. The maximum atomic E-state index is 11.8. The second-order valence-electron chi connectivity index (χ2n) is 14.8. The van der Waals surface area contributed by atoms with Crippen molar-refractivity contribution in [1.29, 1.82) is 5.26 Å². The molecule has 250 valence electrons. The van der Waals surface area contributed by atoms with Crippen molar-refractivity contribution in [2.24, 2.45) is 21.7 Å². The van der Waals surface area contributed by atoms with Gasteiger partial charge in [0.2, 0.25) is 0 Å². The van der Waals surface area contributed by atoms with Crippen LogP contribution >= 0.6 is 24.0 Å². The summed E-state index contributed by atoms with van der Waals surface area (Å²) < 4.78 is 0.674. The van der Waals surface area contributed by atoms with Crippen molar-refractivity contribution in [3.8, 4) is 6.07 Å². The Bertz CT molecular complexity index is 1160. The van der Waals surface area contributed by atoms with E-state index in [0.717, 1.165) is 10.5 Å². The fraction of sp³-hybridized carbons (Fsp3) is 0.629. The number of carbonyl (C=O) groups excluding carboxylic acids is 1. The van der Waals surface area contributed by atoms with E-state index in [1.54, 1.807) is 24.0 Å². The highest BCUT2D eigenvalue weighted by Crippen LogP contribution is 2.34. The van der Waals surface area contributed by atoms with Gasteiger partial charge in [0.1, 0.15) is 4.32 Å². The number of likely N-dealkylation sites (N-methyl/N-ethyl adjacent to an activating group) is 1. The molecule has 0 saturated carbocycles. The van der Waals surface area contributed by atoms with Crippen LogP contribution in [-0.4, -0.2) is 43.8 Å². The third-order valence-corrected chi connectivity index (χ3v) is 6.21. The zero-order valence-corrected chi connectivity index (χ0v) is 31.7. The highest BCUT2D eigenvalue weighted by molar-refractivity contribution is 8.26. The number of aliphatic carboxylic acids is 2. The molecule has 0 aromatic carbocycles. The molecule has 1 heterocycles. The number of nitriles is 1. The lowest BCUT2D eigenvalue weighted by Crippen LogP contribution is -2.27. The van der Waals surface area contributed by atoms with Crippen molar-refractivity contribution in [3.63, 3.8) is 0 Å². The first-order valence-corrected chi connectivity index (χ1v) is 16.0. The molecule has 1 amide bonds. The van der Waals surface area contributed by atoms with Crippen LogP contribution in [0, 0.1) is 33.0 Å². The lowest BCUT2D eigenvalue weighted by Gasteiger charge is -2.13. The standard InChI is InChI=1S/C10H15NOS2.C9H16O2.C8H13N.C8H14O2/c1-5-11-8(12)7(14-9(11)13)6-10(2,3)4;1-5-7(8(10)11)6-9(2,3)4;1-7(6-9)5-8(2,3)4;1-6(7(9)10)5-8(2,3)4/h6H,5H2,1-4H3;6H,5H2,1-4H3,(H,10,11);5H,1-4H3;5H,1-4H3,(H,9,10)/b2*7-6+;7-5+;6-5+. The first-order chi connectivity index (χ1) is 19.5. The van der Waals surface area contributed by atoms with E-state index in [-0.39, 0.29) is 27.6 Å². The average Bonchev–Trinajstić information content (AvgIpc) is 3.06. The smallest absolute Gasteiger partial charge is 0.331 e. The number of carbonyl (C=O) groups is 3. The summed E-state index contributed by atoms with van der Waals surface area (Å²) in [6.45, 7) is 32.2. The van der Waals surface area contributed by atoms with Gasteiger partial charge in [0.05, 0.1) is 11.0 Å². The third-order valence-electron chi connectivity index (χ3n) is 4.83. The maximum Gasteiger partial charge on any atom is 0.331 e. The van der Waals surface area contributed by atoms with Crippen LogP contribution in [0.5, 0.6) is 0 Å². The average molecular weight is 651 g/mol. The highest BCUT2D eigenvalue weighted by Gasteiger charge is 2.31. The first-order valence-electron chi connectivity index (χ1n) is 14.7. The summed E-state index contributed by atoms with van der Waals surface area (Å²) in [5, 5.41) is 25.5. The van der Waals surface area contributed by atoms with Crippen LogP contribution < -0.4 is 0 Å². The van der Waals surface area contributed by atoms with Gasteiger partial charge in [-0.05, 0) is 48.9 Å². The van der Waals surface area contributed by atoms with Gasteiger partial charge >= 0.3 is 11.9 Å². The minimum absolute atomic E-state index is 0.0252. The number of nitrogens with zero attached hydrogens (tertiary/aromatic N) is 2. The van der Waals surface area contributed by atoms with Crippen LogP contribution in [0.3, 0.4) is 0 Å². The topological polar surface area (TPSA) is 119 Å². The molecule has 0 aliphatic carbocycles. The van der Waals surface area contributed by atoms with Gasteiger partial charge in [0.25, 0.3) is 5.91 Å². The fourth-order valence-corrected chi connectivity index (χ4v) is 5.00. The van der Waals surface area contributed by atoms with Crippen molar-refractivity contribution in [2.75, 3.05) is 6.54 Å². The highest BCUT2D eigenvalue weighted by atomic mass is 32.2. The summed E-state index contributed by atoms with van der Waals surface area (Å²) in [4.78, 5) is 35.0. The lowest BCUT2D eigenvalue weighted by atomic mass is 9.93. The van der Waals surface area contributed by atoms with Crippen molar-refractivity contribution >= 4 is 46.1 Å². The molecular formula is C35H58N2O5S2. The maximum absolute atomic E-state index is 11.8. The molecule has 0 radical (unpaired) electrons. The van der Waals surface area contributed by atoms with Gasteiger partial charge in [0.15, 0.2) is 0 Å². The fourth-order valence-electron chi connectivity index (χ4n) is 3.40. The van der Waals surface area contributed by atoms with E-state index in [2.05, 4.69) is 47.6 Å². The Balaban J connectivity index is -0.000000518. The predicted octanol–water partition coefficient (Wildman–Crippen LogP) is 9.82. The Morgan fingerprint density at radius 3 is 1.43 bits per heavy atom. The molecular weight excluding hydrogens is 593 g/mol. The molecule has 1 rings (SSSR count). The van der Waals surface area contributed by atoms with Gasteiger partial charge in [-0.1, -0.05) is 138 Å². The quantitative estimate of drug-likeness (QED) is 0.175. The number of carboxylic acid groups (broad SMARTS) is 2. The molecule has 1 aliphatic rings. The van der Waals surface area contributed by atoms with Gasteiger partial charge in [-0.15, -0.1) is 0 Å². The summed E-state index contributed by atoms with van der Waals surface area (Å²) in [5.74, 6) is -1.59. The Morgan fingerprint density at radius 1 is 0.818 bits per heavy atom. The SMILES string of the molecule is C/C(=C\C(C)(C)C)C(=O)O.C/C(C#N)=C\C(C)(C)C.CC/C(=C\C(C)(C)C)C(=O)O.CCN1C(=O)/C(=C\C(C)(C)C)SC1=S. The Kier molecular flexibility index (Phi) is 20.4. The van der Waals surface area contributed by atoms with E-state index in [4.69, 9.17) is 27.7 Å². The first kappa shape index (κ1) is 45.7. The third kappa shape index (κ3) is 25.8. The second kappa shape index (κ2) is 19.6. The van der Waals surface area contributed by atoms with E-state index < -0.39 is 11.9 Å². The summed E-state index contributed by atoms with van der Waals surface area (Å²) in [7, 11) is 0. The Labute approximate surface area is 277 Å². The molecule has 0 bridgehead atoms. The van der Waals surface area contributed by atoms with Crippen LogP contribution in [0.4, 0.5) is 0 Å². The summed E-state index contributed by atoms with van der Waals surface area (Å²) in [6.07, 6.45) is 8.09. The molecule has 9 heteroatoms. The van der Waals surface area contributed by atoms with Crippen LogP contribution in [0.15, 0.2) is 45.9 Å². The van der Waals surface area contributed by atoms with Crippen LogP contribution in [0.1, 0.15) is 117 Å². The molecule has 1 aliphatic heterocycles. The number of thioether (sulfide) groups is 1. The van der Waals surface area contributed by atoms with E-state index >= 15 is 0 Å². The molecule has 0 aromatic rings. The monoisotopic (exact) mass is 650 g/mol. The van der Waals surface area contributed by atoms with E-state index in [1.165, 1.54) is 11.8 Å². The van der Waals surface area contributed by atoms with Gasteiger partial charge in [-0.3, -0.25) is 9.69 Å². The minimum atomic E-state index is -0.838. The molecule has 1 fully saturated rings. The van der Waals surface area contributed by atoms with Crippen molar-refractivity contribution in [1.82, 2.24) is 4.90 Å². The second-order valence-corrected chi connectivity index (χ2v) is 16.5. The van der Waals surface area contributed by atoms with Crippen LogP contribution in [0.2, 0.25) is 0 Å². The molecule has 44 heavy (non-hydrogen) atoms. The summed E-state index contributed by atoms with van der Waals surface area (Å²) >= 11 is 6.51. The van der Waals surface area contributed by atoms with Crippen LogP contribution in [-0.2, 0) is 14.4 Å². The van der Waals surface area contributed by atoms with Crippen molar-refractivity contribution in [2.45, 2.75) is 117 Å². The molecule has 7 nitrogen and oxygen atoms in total. The van der Waals surface area contributed by atoms with Crippen molar-refractivity contribution < 1.29 is 24.6 Å². The van der Waals surface area contributed by atoms with Gasteiger partial charge in [0, 0.05) is 23.3 Å². The van der Waals surface area contributed by atoms with E-state index in [1.807, 2.05) is 74.5 Å². The molecule has 0 aromatic heterocycles. The number of rotatable bonds is 4. The largest absolute Gasteiger partial charge is 0.478 e. The minimum Gasteiger partial charge on any atom is -0.478 e. The lowest BCUT2D eigenvalue weighted by molar-refractivity contribution is -0.133. The van der Waals surface area contributed by atoms with Crippen molar-refractivity contribution in [3.05, 3.63) is 45.9 Å². The number of allylic oxidation sites excluding steroid dienone is 5. The molecule has 1 saturated heterocycles. The summed E-state index contributed by atoms with van der Waals surface area (Å²) in [6, 6.07) is 2.08. The zero-order valence-electron chi connectivity index (χ0n) is 30.1.